The van der Waals surface area contributed by atoms with Crippen molar-refractivity contribution >= 4 is 38.7 Å². The predicted octanol–water partition coefficient (Wildman–Crippen LogP) is 1.21. The number of thiophene rings is 1. The maximum atomic E-state index is 11.8. The summed E-state index contributed by atoms with van der Waals surface area (Å²) in [6.45, 7) is 3.01. The lowest BCUT2D eigenvalue weighted by Crippen LogP contribution is -2.32. The van der Waals surface area contributed by atoms with Gasteiger partial charge in [-0.25, -0.2) is 13.2 Å². The number of esters is 1. The lowest BCUT2D eigenvalue weighted by molar-refractivity contribution is -0.115. The fourth-order valence-corrected chi connectivity index (χ4v) is 2.63. The lowest BCUT2D eigenvalue weighted by atomic mass is 10.2. The summed E-state index contributed by atoms with van der Waals surface area (Å²) >= 11 is 1.13. The highest BCUT2D eigenvalue weighted by Crippen LogP contribution is 2.28. The van der Waals surface area contributed by atoms with Crippen molar-refractivity contribution in [3.63, 3.8) is 0 Å². The summed E-state index contributed by atoms with van der Waals surface area (Å²) in [6, 6.07) is 0. The van der Waals surface area contributed by atoms with Crippen LogP contribution < -0.4 is 5.32 Å². The largest absolute Gasteiger partial charge is 0.465 e. The van der Waals surface area contributed by atoms with Crippen LogP contribution in [0, 0.1) is 6.92 Å². The normalized spacial score (nSPS) is 12.8. The number of nitrogens with one attached hydrogen (secondary N) is 1. The van der Waals surface area contributed by atoms with Crippen LogP contribution in [0.3, 0.4) is 0 Å². The number of carbonyl (C=O) groups is 2. The van der Waals surface area contributed by atoms with Crippen molar-refractivity contribution < 1.29 is 22.7 Å². The van der Waals surface area contributed by atoms with Crippen LogP contribution in [0.25, 0.3) is 0 Å². The molecule has 1 heterocycles. The molecule has 0 fully saturated rings. The molecule has 1 aromatic heterocycles. The van der Waals surface area contributed by atoms with E-state index in [9.17, 15) is 18.0 Å². The maximum absolute atomic E-state index is 11.8. The fourth-order valence-electron chi connectivity index (χ4n) is 1.26. The number of carbonyl (C=O) groups excluding carboxylic acids is 2. The Labute approximate surface area is 115 Å². The average molecular weight is 305 g/mol. The topological polar surface area (TPSA) is 89.5 Å². The number of hydrogen-bond donors (Lipinski definition) is 1. The first-order chi connectivity index (χ1) is 8.68. The molecule has 0 radical (unpaired) electrons. The number of amides is 1. The Morgan fingerprint density at radius 3 is 2.47 bits per heavy atom. The molecule has 0 saturated heterocycles. The highest BCUT2D eigenvalue weighted by Gasteiger charge is 2.26. The highest BCUT2D eigenvalue weighted by atomic mass is 32.2. The van der Waals surface area contributed by atoms with Crippen molar-refractivity contribution in [2.24, 2.45) is 0 Å². The summed E-state index contributed by atoms with van der Waals surface area (Å²) in [7, 11) is -2.24. The first-order valence-electron chi connectivity index (χ1n) is 5.34. The van der Waals surface area contributed by atoms with Crippen molar-refractivity contribution in [1.82, 2.24) is 0 Å². The Morgan fingerprint density at radius 1 is 1.42 bits per heavy atom. The number of aryl methyl sites for hydroxylation is 1. The van der Waals surface area contributed by atoms with Gasteiger partial charge in [-0.1, -0.05) is 0 Å². The lowest BCUT2D eigenvalue weighted by Gasteiger charge is -2.11. The quantitative estimate of drug-likeness (QED) is 0.845. The molecule has 0 aliphatic heterocycles. The average Bonchev–Trinajstić information content (AvgIpc) is 2.68. The van der Waals surface area contributed by atoms with E-state index in [1.54, 1.807) is 12.3 Å². The summed E-state index contributed by atoms with van der Waals surface area (Å²) < 4.78 is 27.2. The summed E-state index contributed by atoms with van der Waals surface area (Å²) in [6.07, 6.45) is 0.985. The van der Waals surface area contributed by atoms with E-state index in [1.165, 1.54) is 14.0 Å². The molecule has 106 valence electrons. The van der Waals surface area contributed by atoms with Gasteiger partial charge in [0, 0.05) is 6.26 Å². The van der Waals surface area contributed by atoms with Crippen LogP contribution in [-0.4, -0.2) is 38.9 Å². The third-order valence-electron chi connectivity index (χ3n) is 2.61. The monoisotopic (exact) mass is 305 g/mol. The second-order valence-corrected chi connectivity index (χ2v) is 7.32. The third-order valence-corrected chi connectivity index (χ3v) is 5.18. The summed E-state index contributed by atoms with van der Waals surface area (Å²) in [5.41, 5.74) is 0.983. The van der Waals surface area contributed by atoms with E-state index in [-0.39, 0.29) is 4.88 Å². The first kappa shape index (κ1) is 15.6. The van der Waals surface area contributed by atoms with Gasteiger partial charge in [-0.2, -0.15) is 0 Å². The number of ether oxygens (including phenoxy) is 1. The second kappa shape index (κ2) is 5.70. The molecular weight excluding hydrogens is 290 g/mol. The van der Waals surface area contributed by atoms with E-state index in [0.29, 0.717) is 11.3 Å². The van der Waals surface area contributed by atoms with E-state index in [4.69, 9.17) is 0 Å². The molecule has 1 amide bonds. The minimum Gasteiger partial charge on any atom is -0.465 e. The van der Waals surface area contributed by atoms with Crippen molar-refractivity contribution in [2.45, 2.75) is 19.1 Å². The summed E-state index contributed by atoms with van der Waals surface area (Å²) in [5.74, 6) is -1.24. The zero-order valence-electron chi connectivity index (χ0n) is 11.0. The molecule has 1 N–H and O–H groups in total. The van der Waals surface area contributed by atoms with E-state index in [0.717, 1.165) is 17.6 Å². The Kier molecular flexibility index (Phi) is 4.70. The van der Waals surface area contributed by atoms with Gasteiger partial charge in [0.05, 0.1) is 12.8 Å². The molecule has 1 unspecified atom stereocenters. The highest BCUT2D eigenvalue weighted by molar-refractivity contribution is 7.92. The van der Waals surface area contributed by atoms with Gasteiger partial charge in [0.1, 0.15) is 10.1 Å². The molecule has 0 aliphatic carbocycles. The number of methoxy groups -OCH3 is 1. The van der Waals surface area contributed by atoms with E-state index < -0.39 is 27.0 Å². The van der Waals surface area contributed by atoms with Crippen LogP contribution in [0.2, 0.25) is 0 Å². The van der Waals surface area contributed by atoms with Crippen LogP contribution in [0.5, 0.6) is 0 Å². The van der Waals surface area contributed by atoms with Crippen LogP contribution in [0.15, 0.2) is 5.38 Å². The van der Waals surface area contributed by atoms with Crippen molar-refractivity contribution in [2.75, 3.05) is 18.7 Å². The minimum atomic E-state index is -3.48. The molecule has 0 saturated carbocycles. The molecule has 1 aromatic rings. The smallest absolute Gasteiger partial charge is 0.350 e. The maximum Gasteiger partial charge on any atom is 0.350 e. The molecule has 6 nitrogen and oxygen atoms in total. The molecule has 0 aromatic carbocycles. The van der Waals surface area contributed by atoms with Gasteiger partial charge in [-0.05, 0) is 24.8 Å². The van der Waals surface area contributed by atoms with Gasteiger partial charge in [-0.15, -0.1) is 11.3 Å². The molecule has 1 atom stereocenters. The zero-order chi connectivity index (χ0) is 14.8. The minimum absolute atomic E-state index is 0.244. The van der Waals surface area contributed by atoms with Crippen molar-refractivity contribution in [3.05, 3.63) is 15.8 Å². The number of sulfone groups is 1. The van der Waals surface area contributed by atoms with Gasteiger partial charge in [0.15, 0.2) is 9.84 Å². The van der Waals surface area contributed by atoms with E-state index in [2.05, 4.69) is 10.1 Å². The molecular formula is C11H15NO5S2. The Balaban J connectivity index is 3.04. The Hall–Kier alpha value is -1.41. The second-order valence-electron chi connectivity index (χ2n) is 4.08. The standard InChI is InChI=1S/C11H15NO5S2/c1-6-5-18-9(11(14)17-3)8(6)12-10(13)7(2)19(4,15)16/h5,7H,1-4H3,(H,12,13). The molecule has 19 heavy (non-hydrogen) atoms. The van der Waals surface area contributed by atoms with Crippen molar-refractivity contribution in [3.8, 4) is 0 Å². The van der Waals surface area contributed by atoms with Gasteiger partial charge in [0.25, 0.3) is 0 Å². The number of anilines is 1. The molecule has 0 aliphatic rings. The van der Waals surface area contributed by atoms with Gasteiger partial charge < -0.3 is 10.1 Å². The van der Waals surface area contributed by atoms with Gasteiger partial charge in [-0.3, -0.25) is 4.79 Å². The third kappa shape index (κ3) is 3.54. The molecule has 1 rings (SSSR count). The predicted molar refractivity (Wildman–Crippen MR) is 73.3 cm³/mol. The fraction of sp³-hybridized carbons (Fsp3) is 0.455. The summed E-state index contributed by atoms with van der Waals surface area (Å²) in [5, 5.41) is 2.98. The van der Waals surface area contributed by atoms with Crippen LogP contribution in [-0.2, 0) is 19.4 Å². The molecule has 0 bridgehead atoms. The Morgan fingerprint density at radius 2 is 2.00 bits per heavy atom. The van der Waals surface area contributed by atoms with Gasteiger partial charge in [0.2, 0.25) is 5.91 Å². The summed E-state index contributed by atoms with van der Waals surface area (Å²) in [4.78, 5) is 23.6. The SMILES string of the molecule is COC(=O)c1scc(C)c1NC(=O)C(C)S(C)(=O)=O. The van der Waals surface area contributed by atoms with E-state index >= 15 is 0 Å². The van der Waals surface area contributed by atoms with Crippen LogP contribution in [0.4, 0.5) is 5.69 Å². The van der Waals surface area contributed by atoms with E-state index in [1.807, 2.05) is 0 Å². The Bertz CT molecular complexity index is 603. The van der Waals surface area contributed by atoms with Crippen LogP contribution >= 0.6 is 11.3 Å². The van der Waals surface area contributed by atoms with Crippen molar-refractivity contribution in [1.29, 1.82) is 0 Å². The van der Waals surface area contributed by atoms with Crippen LogP contribution in [0.1, 0.15) is 22.2 Å². The number of rotatable bonds is 4. The zero-order valence-corrected chi connectivity index (χ0v) is 12.6. The molecule has 8 heteroatoms. The number of hydrogen-bond acceptors (Lipinski definition) is 6. The first-order valence-corrected chi connectivity index (χ1v) is 8.18. The molecule has 0 spiro atoms. The van der Waals surface area contributed by atoms with Gasteiger partial charge >= 0.3 is 5.97 Å².